The molecule has 1 N–H and O–H groups in total. The zero-order valence-electron chi connectivity index (χ0n) is 12.1. The van der Waals surface area contributed by atoms with Crippen LogP contribution in [0.15, 0.2) is 0 Å². The van der Waals surface area contributed by atoms with E-state index < -0.39 is 8.07 Å². The Kier molecular flexibility index (Phi) is 4.86. The summed E-state index contributed by atoms with van der Waals surface area (Å²) in [4.78, 5) is 0. The fraction of sp³-hybridized carbons (Fsp3) is 0.867. The first-order chi connectivity index (χ1) is 7.74. The van der Waals surface area contributed by atoms with Gasteiger partial charge >= 0.3 is 0 Å². The molecule has 1 fully saturated rings. The molecule has 2 heteroatoms. The lowest BCUT2D eigenvalue weighted by Gasteiger charge is -2.32. The molecule has 1 aliphatic rings. The van der Waals surface area contributed by atoms with Crippen molar-refractivity contribution < 1.29 is 5.11 Å². The van der Waals surface area contributed by atoms with Crippen molar-refractivity contribution in [2.45, 2.75) is 77.1 Å². The molecule has 0 aromatic rings. The van der Waals surface area contributed by atoms with Crippen LogP contribution in [0.3, 0.4) is 0 Å². The van der Waals surface area contributed by atoms with Gasteiger partial charge in [-0.2, -0.15) is 0 Å². The SMILES string of the molecule is CC(C)(C)[Si](C)(C)C#C[C@H](O)C1CCCCC1. The molecule has 0 heterocycles. The van der Waals surface area contributed by atoms with E-state index in [1.54, 1.807) is 0 Å². The second kappa shape index (κ2) is 5.59. The van der Waals surface area contributed by atoms with Gasteiger partial charge in [-0.3, -0.25) is 0 Å². The number of aliphatic hydroxyl groups excluding tert-OH is 1. The van der Waals surface area contributed by atoms with E-state index in [9.17, 15) is 5.11 Å². The first-order valence-corrected chi connectivity index (χ1v) is 9.95. The van der Waals surface area contributed by atoms with Crippen molar-refractivity contribution >= 4 is 8.07 Å². The summed E-state index contributed by atoms with van der Waals surface area (Å²) in [5.41, 5.74) is 3.43. The van der Waals surface area contributed by atoms with Gasteiger partial charge in [-0.1, -0.05) is 59.0 Å². The van der Waals surface area contributed by atoms with Gasteiger partial charge in [0.1, 0.15) is 14.2 Å². The highest BCUT2D eigenvalue weighted by Crippen LogP contribution is 2.35. The highest BCUT2D eigenvalue weighted by Gasteiger charge is 2.34. The van der Waals surface area contributed by atoms with Crippen molar-refractivity contribution in [3.63, 3.8) is 0 Å². The van der Waals surface area contributed by atoms with Crippen molar-refractivity contribution in [2.75, 3.05) is 0 Å². The Morgan fingerprint density at radius 3 is 2.12 bits per heavy atom. The molecular formula is C15H28OSi. The first kappa shape index (κ1) is 14.8. The number of hydrogen-bond donors (Lipinski definition) is 1. The summed E-state index contributed by atoms with van der Waals surface area (Å²) >= 11 is 0. The van der Waals surface area contributed by atoms with Crippen LogP contribution in [0.5, 0.6) is 0 Å². The maximum absolute atomic E-state index is 10.2. The van der Waals surface area contributed by atoms with Gasteiger partial charge < -0.3 is 5.11 Å². The Bertz CT molecular complexity index is 297. The Hall–Kier alpha value is -0.263. The van der Waals surface area contributed by atoms with Crippen molar-refractivity contribution in [3.8, 4) is 11.5 Å². The Morgan fingerprint density at radius 2 is 1.65 bits per heavy atom. The van der Waals surface area contributed by atoms with E-state index in [1.165, 1.54) is 19.3 Å². The van der Waals surface area contributed by atoms with Crippen molar-refractivity contribution in [1.82, 2.24) is 0 Å². The van der Waals surface area contributed by atoms with Crippen LogP contribution in [0.25, 0.3) is 0 Å². The largest absolute Gasteiger partial charge is 0.380 e. The minimum absolute atomic E-state index is 0.284. The Morgan fingerprint density at radius 1 is 1.12 bits per heavy atom. The van der Waals surface area contributed by atoms with Gasteiger partial charge in [-0.05, 0) is 23.8 Å². The lowest BCUT2D eigenvalue weighted by atomic mass is 9.85. The van der Waals surface area contributed by atoms with Crippen LogP contribution in [0.1, 0.15) is 52.9 Å². The lowest BCUT2D eigenvalue weighted by molar-refractivity contribution is 0.133. The highest BCUT2D eigenvalue weighted by atomic mass is 28.3. The van der Waals surface area contributed by atoms with E-state index in [4.69, 9.17) is 0 Å². The molecule has 0 radical (unpaired) electrons. The molecule has 1 rings (SSSR count). The monoisotopic (exact) mass is 252 g/mol. The van der Waals surface area contributed by atoms with Crippen LogP contribution in [0.2, 0.25) is 18.1 Å². The molecule has 1 aliphatic carbocycles. The zero-order chi connectivity index (χ0) is 13.1. The maximum atomic E-state index is 10.2. The Balaban J connectivity index is 2.64. The van der Waals surface area contributed by atoms with Crippen LogP contribution in [0.4, 0.5) is 0 Å². The third-order valence-corrected chi connectivity index (χ3v) is 9.02. The standard InChI is InChI=1S/C15H28OSi/c1-15(2,3)17(4,5)12-11-14(16)13-9-7-6-8-10-13/h13-14,16H,6-10H2,1-5H3/t14-/m0/s1. The summed E-state index contributed by atoms with van der Waals surface area (Å²) in [6.07, 6.45) is 5.80. The fourth-order valence-corrected chi connectivity index (χ4v) is 2.89. The molecule has 1 atom stereocenters. The van der Waals surface area contributed by atoms with Crippen LogP contribution in [-0.2, 0) is 0 Å². The summed E-state index contributed by atoms with van der Waals surface area (Å²) in [5, 5.41) is 10.4. The van der Waals surface area contributed by atoms with Crippen LogP contribution >= 0.6 is 0 Å². The van der Waals surface area contributed by atoms with E-state index in [0.717, 1.165) is 12.8 Å². The second-order valence-corrected chi connectivity index (χ2v) is 12.0. The summed E-state index contributed by atoms with van der Waals surface area (Å²) in [7, 11) is -1.55. The number of hydrogen-bond acceptors (Lipinski definition) is 1. The lowest BCUT2D eigenvalue weighted by Crippen LogP contribution is -2.36. The van der Waals surface area contributed by atoms with Crippen molar-refractivity contribution in [1.29, 1.82) is 0 Å². The van der Waals surface area contributed by atoms with E-state index in [2.05, 4.69) is 45.3 Å². The molecule has 1 saturated carbocycles. The smallest absolute Gasteiger partial charge is 0.137 e. The predicted octanol–water partition coefficient (Wildman–Crippen LogP) is 3.98. The van der Waals surface area contributed by atoms with E-state index >= 15 is 0 Å². The normalized spacial score (nSPS) is 20.6. The second-order valence-electron chi connectivity index (χ2n) is 6.99. The molecule has 0 aliphatic heterocycles. The van der Waals surface area contributed by atoms with Crippen LogP contribution in [-0.4, -0.2) is 19.3 Å². The van der Waals surface area contributed by atoms with Gasteiger partial charge in [0, 0.05) is 0 Å². The molecule has 17 heavy (non-hydrogen) atoms. The molecule has 0 aromatic carbocycles. The summed E-state index contributed by atoms with van der Waals surface area (Å²) < 4.78 is 0. The molecule has 0 saturated heterocycles. The fourth-order valence-electron chi connectivity index (χ4n) is 2.01. The van der Waals surface area contributed by atoms with Gasteiger partial charge in [0.05, 0.1) is 0 Å². The molecular weight excluding hydrogens is 224 g/mol. The average molecular weight is 252 g/mol. The van der Waals surface area contributed by atoms with E-state index in [1.807, 2.05) is 0 Å². The zero-order valence-corrected chi connectivity index (χ0v) is 13.1. The minimum Gasteiger partial charge on any atom is -0.380 e. The number of rotatable bonds is 1. The Labute approximate surface area is 108 Å². The van der Waals surface area contributed by atoms with Gasteiger partial charge in [0.15, 0.2) is 0 Å². The average Bonchev–Trinajstić information content (AvgIpc) is 2.25. The summed E-state index contributed by atoms with van der Waals surface area (Å²) in [6.45, 7) is 11.4. The highest BCUT2D eigenvalue weighted by molar-refractivity contribution is 6.87. The third-order valence-electron chi connectivity index (χ3n) is 4.50. The number of aliphatic hydroxyl groups is 1. The molecule has 98 valence electrons. The van der Waals surface area contributed by atoms with Gasteiger partial charge in [-0.25, -0.2) is 0 Å². The van der Waals surface area contributed by atoms with Crippen molar-refractivity contribution in [2.24, 2.45) is 5.92 Å². The van der Waals surface area contributed by atoms with E-state index in [0.29, 0.717) is 5.92 Å². The molecule has 0 unspecified atom stereocenters. The summed E-state index contributed by atoms with van der Waals surface area (Å²) in [6, 6.07) is 0. The predicted molar refractivity (Wildman–Crippen MR) is 77.6 cm³/mol. The molecule has 0 aromatic heterocycles. The minimum atomic E-state index is -1.55. The van der Waals surface area contributed by atoms with E-state index in [-0.39, 0.29) is 11.1 Å². The summed E-state index contributed by atoms with van der Waals surface area (Å²) in [5.74, 6) is 3.60. The first-order valence-electron chi connectivity index (χ1n) is 6.95. The maximum Gasteiger partial charge on any atom is 0.137 e. The van der Waals surface area contributed by atoms with Gasteiger partial charge in [0.25, 0.3) is 0 Å². The van der Waals surface area contributed by atoms with Crippen molar-refractivity contribution in [3.05, 3.63) is 0 Å². The van der Waals surface area contributed by atoms with Crippen LogP contribution < -0.4 is 0 Å². The molecule has 0 bridgehead atoms. The topological polar surface area (TPSA) is 20.2 Å². The molecule has 1 nitrogen and oxygen atoms in total. The van der Waals surface area contributed by atoms with Crippen LogP contribution in [0, 0.1) is 17.4 Å². The van der Waals surface area contributed by atoms with Gasteiger partial charge in [-0.15, -0.1) is 5.54 Å². The van der Waals surface area contributed by atoms with Gasteiger partial charge in [0.2, 0.25) is 0 Å². The molecule has 0 spiro atoms. The third kappa shape index (κ3) is 4.15. The molecule has 0 amide bonds. The quantitative estimate of drug-likeness (QED) is 0.553.